The highest BCUT2D eigenvalue weighted by atomic mass is 15.3. The molecule has 0 saturated carbocycles. The van der Waals surface area contributed by atoms with Crippen molar-refractivity contribution < 1.29 is 0 Å². The summed E-state index contributed by atoms with van der Waals surface area (Å²) in [5.41, 5.74) is 3.85. The highest BCUT2D eigenvalue weighted by molar-refractivity contribution is 5.94. The van der Waals surface area contributed by atoms with E-state index in [0.29, 0.717) is 0 Å². The first-order valence-electron chi connectivity index (χ1n) is 9.07. The molecule has 26 heavy (non-hydrogen) atoms. The average Bonchev–Trinajstić information content (AvgIpc) is 3.24. The Morgan fingerprint density at radius 2 is 2.00 bits per heavy atom. The quantitative estimate of drug-likeness (QED) is 0.592. The number of hydrogen-bond donors (Lipinski definition) is 2. The third-order valence-electron chi connectivity index (χ3n) is 5.07. The predicted octanol–water partition coefficient (Wildman–Crippen LogP) is 3.58. The number of pyridine rings is 1. The Balaban J connectivity index is 1.51. The van der Waals surface area contributed by atoms with E-state index in [-0.39, 0.29) is 0 Å². The van der Waals surface area contributed by atoms with Crippen LogP contribution < -0.4 is 10.2 Å². The molecular formula is C19H21N7. The van der Waals surface area contributed by atoms with Gasteiger partial charge in [-0.1, -0.05) is 0 Å². The molecule has 132 valence electrons. The summed E-state index contributed by atoms with van der Waals surface area (Å²) in [6, 6.07) is 10.2. The largest absolute Gasteiger partial charge is 0.355 e. The zero-order valence-electron chi connectivity index (χ0n) is 14.7. The Hall–Kier alpha value is -3.09. The number of nitrogens with zero attached hydrogens (tertiary/aromatic N) is 5. The van der Waals surface area contributed by atoms with Gasteiger partial charge in [-0.25, -0.2) is 0 Å². The van der Waals surface area contributed by atoms with Gasteiger partial charge < -0.3 is 10.2 Å². The maximum Gasteiger partial charge on any atom is 0.178 e. The summed E-state index contributed by atoms with van der Waals surface area (Å²) < 4.78 is 1.96. The molecule has 0 aliphatic carbocycles. The first-order valence-corrected chi connectivity index (χ1v) is 9.07. The van der Waals surface area contributed by atoms with Crippen molar-refractivity contribution in [1.29, 1.82) is 0 Å². The molecule has 5 rings (SSSR count). The number of nitrogens with one attached hydrogen (secondary N) is 2. The predicted molar refractivity (Wildman–Crippen MR) is 104 cm³/mol. The number of hydrogen-bond acceptors (Lipinski definition) is 5. The van der Waals surface area contributed by atoms with E-state index in [4.69, 9.17) is 5.10 Å². The van der Waals surface area contributed by atoms with E-state index in [9.17, 15) is 0 Å². The van der Waals surface area contributed by atoms with Gasteiger partial charge >= 0.3 is 0 Å². The topological polar surface area (TPSA) is 74.7 Å². The molecule has 0 atom stereocenters. The van der Waals surface area contributed by atoms with Crippen LogP contribution in [0.3, 0.4) is 0 Å². The van der Waals surface area contributed by atoms with Gasteiger partial charge in [-0.15, -0.1) is 0 Å². The summed E-state index contributed by atoms with van der Waals surface area (Å²) in [6.45, 7) is 2.19. The number of rotatable bonds is 3. The average molecular weight is 347 g/mol. The van der Waals surface area contributed by atoms with Gasteiger partial charge in [-0.2, -0.15) is 10.2 Å². The molecule has 0 spiro atoms. The minimum atomic E-state index is 0.735. The SMILES string of the molecule is Cn1nc(N2CCCCC2)c2ccc(Nc3n[nH]c4cccnc34)cc21. The second kappa shape index (κ2) is 6.01. The Labute approximate surface area is 151 Å². The molecule has 1 fully saturated rings. The molecule has 0 amide bonds. The van der Waals surface area contributed by atoms with E-state index in [0.717, 1.165) is 47.0 Å². The molecule has 1 saturated heterocycles. The fourth-order valence-corrected chi connectivity index (χ4v) is 3.73. The number of aromatic amines is 1. The normalized spacial score (nSPS) is 15.0. The molecule has 4 aromatic rings. The molecule has 2 N–H and O–H groups in total. The van der Waals surface area contributed by atoms with E-state index in [1.165, 1.54) is 24.6 Å². The third-order valence-corrected chi connectivity index (χ3v) is 5.07. The lowest BCUT2D eigenvalue weighted by Crippen LogP contribution is -2.29. The molecule has 3 aromatic heterocycles. The number of benzene rings is 1. The van der Waals surface area contributed by atoms with Crippen molar-refractivity contribution >= 4 is 39.3 Å². The van der Waals surface area contributed by atoms with Gasteiger partial charge in [0, 0.05) is 37.4 Å². The lowest BCUT2D eigenvalue weighted by molar-refractivity contribution is 0.571. The number of H-pyrrole nitrogens is 1. The van der Waals surface area contributed by atoms with Gasteiger partial charge in [0.2, 0.25) is 0 Å². The number of fused-ring (bicyclic) bond motifs is 2. The zero-order valence-corrected chi connectivity index (χ0v) is 14.7. The molecule has 1 aliphatic rings. The number of anilines is 3. The Bertz CT molecular complexity index is 1070. The molecule has 0 bridgehead atoms. The van der Waals surface area contributed by atoms with Crippen molar-refractivity contribution in [3.63, 3.8) is 0 Å². The van der Waals surface area contributed by atoms with Crippen LogP contribution in [0.15, 0.2) is 36.5 Å². The van der Waals surface area contributed by atoms with Crippen LogP contribution in [0, 0.1) is 0 Å². The summed E-state index contributed by atoms with van der Waals surface area (Å²) in [4.78, 5) is 6.81. The van der Waals surface area contributed by atoms with Crippen molar-refractivity contribution in [2.75, 3.05) is 23.3 Å². The van der Waals surface area contributed by atoms with Crippen LogP contribution in [0.4, 0.5) is 17.3 Å². The standard InChI is InChI=1S/C19H21N7/c1-25-16-12-13(21-18-17-15(22-23-18)6-5-9-20-17)7-8-14(16)19(24-25)26-10-3-2-4-11-26/h5-9,12H,2-4,10-11H2,1H3,(H2,21,22,23). The second-order valence-corrected chi connectivity index (χ2v) is 6.82. The van der Waals surface area contributed by atoms with Crippen LogP contribution >= 0.6 is 0 Å². The van der Waals surface area contributed by atoms with Crippen LogP contribution in [0.1, 0.15) is 19.3 Å². The van der Waals surface area contributed by atoms with E-state index in [1.54, 1.807) is 6.20 Å². The third kappa shape index (κ3) is 2.47. The smallest absolute Gasteiger partial charge is 0.178 e. The van der Waals surface area contributed by atoms with Crippen molar-refractivity contribution in [1.82, 2.24) is 25.0 Å². The van der Waals surface area contributed by atoms with Crippen LogP contribution in [0.5, 0.6) is 0 Å². The molecule has 1 aliphatic heterocycles. The van der Waals surface area contributed by atoms with Gasteiger partial charge in [0.15, 0.2) is 11.6 Å². The molecule has 0 unspecified atom stereocenters. The van der Waals surface area contributed by atoms with Gasteiger partial charge in [0.25, 0.3) is 0 Å². The fraction of sp³-hybridized carbons (Fsp3) is 0.316. The highest BCUT2D eigenvalue weighted by Crippen LogP contribution is 2.31. The number of aromatic nitrogens is 5. The lowest BCUT2D eigenvalue weighted by atomic mass is 10.1. The van der Waals surface area contributed by atoms with Crippen LogP contribution in [-0.2, 0) is 7.05 Å². The van der Waals surface area contributed by atoms with Crippen molar-refractivity contribution in [2.45, 2.75) is 19.3 Å². The molecule has 0 radical (unpaired) electrons. The number of aryl methyl sites for hydroxylation is 1. The molecule has 1 aromatic carbocycles. The molecule has 4 heterocycles. The van der Waals surface area contributed by atoms with E-state index in [1.807, 2.05) is 23.9 Å². The lowest BCUT2D eigenvalue weighted by Gasteiger charge is -2.26. The van der Waals surface area contributed by atoms with E-state index in [2.05, 4.69) is 43.6 Å². The van der Waals surface area contributed by atoms with E-state index >= 15 is 0 Å². The second-order valence-electron chi connectivity index (χ2n) is 6.82. The van der Waals surface area contributed by atoms with Gasteiger partial charge in [0.1, 0.15) is 5.52 Å². The molecule has 7 nitrogen and oxygen atoms in total. The van der Waals surface area contributed by atoms with Crippen molar-refractivity contribution in [3.8, 4) is 0 Å². The highest BCUT2D eigenvalue weighted by Gasteiger charge is 2.18. The number of piperidine rings is 1. The first-order chi connectivity index (χ1) is 12.8. The Kier molecular flexibility index (Phi) is 3.51. The summed E-state index contributed by atoms with van der Waals surface area (Å²) in [6.07, 6.45) is 5.59. The van der Waals surface area contributed by atoms with E-state index < -0.39 is 0 Å². The van der Waals surface area contributed by atoms with Gasteiger partial charge in [-0.05, 0) is 49.6 Å². The Morgan fingerprint density at radius 1 is 1.12 bits per heavy atom. The summed E-state index contributed by atoms with van der Waals surface area (Å²) >= 11 is 0. The van der Waals surface area contributed by atoms with Crippen molar-refractivity contribution in [3.05, 3.63) is 36.5 Å². The summed E-state index contributed by atoms with van der Waals surface area (Å²) in [5, 5.41) is 16.7. The Morgan fingerprint density at radius 3 is 2.88 bits per heavy atom. The van der Waals surface area contributed by atoms with Crippen LogP contribution in [-0.4, -0.2) is 38.1 Å². The zero-order chi connectivity index (χ0) is 17.5. The minimum Gasteiger partial charge on any atom is -0.355 e. The monoisotopic (exact) mass is 347 g/mol. The first kappa shape index (κ1) is 15.2. The maximum atomic E-state index is 4.78. The summed E-state index contributed by atoms with van der Waals surface area (Å²) in [5.74, 6) is 1.83. The van der Waals surface area contributed by atoms with Crippen molar-refractivity contribution in [2.24, 2.45) is 7.05 Å². The molecule has 7 heteroatoms. The minimum absolute atomic E-state index is 0.735. The summed E-state index contributed by atoms with van der Waals surface area (Å²) in [7, 11) is 2.01. The van der Waals surface area contributed by atoms with Crippen LogP contribution in [0.2, 0.25) is 0 Å². The fourth-order valence-electron chi connectivity index (χ4n) is 3.73. The van der Waals surface area contributed by atoms with Gasteiger partial charge in [-0.3, -0.25) is 14.8 Å². The van der Waals surface area contributed by atoms with Gasteiger partial charge in [0.05, 0.1) is 11.0 Å². The maximum absolute atomic E-state index is 4.78. The van der Waals surface area contributed by atoms with Crippen LogP contribution in [0.25, 0.3) is 21.9 Å². The molecular weight excluding hydrogens is 326 g/mol.